The van der Waals surface area contributed by atoms with Crippen molar-refractivity contribution in [2.45, 2.75) is 463 Å². The van der Waals surface area contributed by atoms with Crippen LogP contribution in [0.25, 0.3) is 0 Å². The maximum atomic E-state index is 8.06. The van der Waals surface area contributed by atoms with Gasteiger partial charge in [0.2, 0.25) is 0 Å². The predicted octanol–water partition coefficient (Wildman–Crippen LogP) is 24.4. The molecule has 1 aromatic heterocycles. The molecule has 0 amide bonds. The Hall–Kier alpha value is -6.05. The van der Waals surface area contributed by atoms with Gasteiger partial charge in [-0.1, -0.05) is 62.4 Å². The number of furan rings is 1. The van der Waals surface area contributed by atoms with Crippen LogP contribution < -0.4 is 23.7 Å². The quantitative estimate of drug-likeness (QED) is 0.0178. The topological polar surface area (TPSA) is 356 Å². The molecule has 0 bridgehead atoms. The van der Waals surface area contributed by atoms with Gasteiger partial charge in [-0.3, -0.25) is 0 Å². The van der Waals surface area contributed by atoms with Crippen LogP contribution in [0.2, 0.25) is 0 Å². The molecule has 147 heavy (non-hydrogen) atoms. The van der Waals surface area contributed by atoms with Gasteiger partial charge in [0.25, 0.3) is 0 Å². The minimum absolute atomic E-state index is 0.0727. The maximum absolute atomic E-state index is 8.06. The summed E-state index contributed by atoms with van der Waals surface area (Å²) in [5.41, 5.74) is 6.84. The number of rotatable bonds is 51. The fraction of sp³-hybridized carbons (Fsp3) is 0.754. The molecule has 6 rings (SSSR count). The van der Waals surface area contributed by atoms with E-state index >= 15 is 0 Å². The van der Waals surface area contributed by atoms with Gasteiger partial charge in [0.1, 0.15) is 42.7 Å². The Labute approximate surface area is 897 Å². The highest BCUT2D eigenvalue weighted by Crippen LogP contribution is 2.33. The molecule has 0 radical (unpaired) electrons. The second-order valence-corrected chi connectivity index (χ2v) is 38.6. The molecule has 872 valence electrons. The van der Waals surface area contributed by atoms with Crippen molar-refractivity contribution in [3.63, 3.8) is 0 Å². The fourth-order valence-corrected chi connectivity index (χ4v) is 10.6. The third kappa shape index (κ3) is 140. The van der Waals surface area contributed by atoms with E-state index in [-0.39, 0.29) is 72.6 Å². The van der Waals surface area contributed by atoms with E-state index < -0.39 is 0 Å². The number of aliphatic hydroxyl groups is 7. The van der Waals surface area contributed by atoms with Gasteiger partial charge in [0.15, 0.2) is 5.75 Å². The van der Waals surface area contributed by atoms with Crippen LogP contribution in [-0.2, 0) is 108 Å². The Kier molecular flexibility index (Phi) is 125. The Balaban J connectivity index is -0.000000178. The SMILES string of the molecule is C=O.CC(C)O.CC(C)O.CC(C)O.CC(C)O.CC(C)O.CC(C)O.CC(C)O.CC(C)OC1CCC(OC(C)C)CC1.CC(C)OCCCCOC(C)C.CC(C)OCCOC(C)C.CC(C)OCCOCCOCCOC(C)C.CC(C)OCCOc1ccc(C(C)(C)c2ccc(COC(C)C)cc2)cc1.CCOc1cc(COC)cc(OCC)c1.CCOc1cccc(COC)c1.CCOc1cocc1COC. The number of hydrogen-bond donors (Lipinski definition) is 7. The number of unbranched alkanes of at least 4 members (excludes halogenated alkanes) is 1. The zero-order chi connectivity index (χ0) is 115. The summed E-state index contributed by atoms with van der Waals surface area (Å²) in [5, 5.41) is 56.4. The lowest BCUT2D eigenvalue weighted by atomic mass is 9.78. The molecule has 1 fully saturated rings. The van der Waals surface area contributed by atoms with Crippen LogP contribution in [0.4, 0.5) is 0 Å². The third-order valence-corrected chi connectivity index (χ3v) is 16.0. The highest BCUT2D eigenvalue weighted by molar-refractivity contribution is 5.41. The van der Waals surface area contributed by atoms with Gasteiger partial charge in [-0.15, -0.1) is 0 Å². The molecule has 7 N–H and O–H groups in total. The minimum atomic E-state index is -0.167. The molecular formula is C118H226O29. The number of carbonyl (C=O) groups excluding carboxylic acids is 1. The van der Waals surface area contributed by atoms with Crippen LogP contribution in [0.3, 0.4) is 0 Å². The average molecular weight is 2110 g/mol. The van der Waals surface area contributed by atoms with E-state index in [9.17, 15) is 0 Å². The van der Waals surface area contributed by atoms with Gasteiger partial charge in [-0.05, 0) is 366 Å². The molecular weight excluding hydrogens is 1880 g/mol. The second-order valence-electron chi connectivity index (χ2n) is 38.6. The average Bonchev–Trinajstić information content (AvgIpc) is 1.56. The fourth-order valence-electron chi connectivity index (χ4n) is 10.6. The van der Waals surface area contributed by atoms with E-state index in [1.165, 1.54) is 16.7 Å². The largest absolute Gasteiger partial charge is 0.494 e. The molecule has 1 aliphatic rings. The van der Waals surface area contributed by atoms with Crippen molar-refractivity contribution < 1.29 is 140 Å². The van der Waals surface area contributed by atoms with Crippen molar-refractivity contribution in [2.24, 2.45) is 0 Å². The predicted molar refractivity (Wildman–Crippen MR) is 604 cm³/mol. The van der Waals surface area contributed by atoms with E-state index in [1.54, 1.807) is 131 Å². The van der Waals surface area contributed by atoms with Gasteiger partial charge in [0, 0.05) is 88.8 Å². The van der Waals surface area contributed by atoms with Gasteiger partial charge in [0.05, 0.1) is 197 Å². The van der Waals surface area contributed by atoms with Crippen LogP contribution in [0.1, 0.15) is 349 Å². The van der Waals surface area contributed by atoms with E-state index in [4.69, 9.17) is 140 Å². The lowest BCUT2D eigenvalue weighted by Gasteiger charge is -2.30. The molecule has 0 saturated heterocycles. The van der Waals surface area contributed by atoms with Gasteiger partial charge >= 0.3 is 0 Å². The number of hydrogen-bond acceptors (Lipinski definition) is 29. The van der Waals surface area contributed by atoms with Gasteiger partial charge in [-0.25, -0.2) is 0 Å². The Morgan fingerprint density at radius 3 is 0.891 bits per heavy atom. The van der Waals surface area contributed by atoms with E-state index in [0.717, 1.165) is 97.2 Å². The normalized spacial score (nSPS) is 12.2. The van der Waals surface area contributed by atoms with Gasteiger partial charge in [-0.2, -0.15) is 0 Å². The van der Waals surface area contributed by atoms with Crippen molar-refractivity contribution in [3.05, 3.63) is 137 Å². The number of methoxy groups -OCH3 is 3. The lowest BCUT2D eigenvalue weighted by molar-refractivity contribution is -0.0980. The third-order valence-electron chi connectivity index (χ3n) is 16.0. The molecule has 0 unspecified atom stereocenters. The van der Waals surface area contributed by atoms with E-state index in [1.807, 2.05) is 158 Å². The first-order valence-electron chi connectivity index (χ1n) is 53.4. The number of carbonyl (C=O) groups is 1. The molecule has 4 aromatic carbocycles. The number of benzene rings is 4. The molecule has 5 aromatic rings. The highest BCUT2D eigenvalue weighted by Gasteiger charge is 2.25. The van der Waals surface area contributed by atoms with Crippen LogP contribution in [0.5, 0.6) is 28.7 Å². The number of aliphatic hydroxyl groups excluding tert-OH is 7. The smallest absolute Gasteiger partial charge is 0.162 e. The Morgan fingerprint density at radius 2 is 0.578 bits per heavy atom. The van der Waals surface area contributed by atoms with Gasteiger partial charge < -0.3 is 140 Å². The molecule has 0 spiro atoms. The summed E-state index contributed by atoms with van der Waals surface area (Å²) in [4.78, 5) is 8.00. The summed E-state index contributed by atoms with van der Waals surface area (Å²) >= 11 is 0. The first kappa shape index (κ1) is 161. The highest BCUT2D eigenvalue weighted by atomic mass is 16.6. The molecule has 1 aliphatic carbocycles. The summed E-state index contributed by atoms with van der Waals surface area (Å²) in [7, 11) is 5.00. The van der Waals surface area contributed by atoms with Crippen molar-refractivity contribution in [1.82, 2.24) is 0 Å². The Morgan fingerprint density at radius 1 is 0.293 bits per heavy atom. The van der Waals surface area contributed by atoms with Crippen LogP contribution in [-0.4, -0.2) is 286 Å². The van der Waals surface area contributed by atoms with Crippen LogP contribution >= 0.6 is 0 Å². The standard InChI is InChI=1S/C24H34O3.C12H26O4.C12H18O3.C12H24O2.C10H14O2.C10H22O2.C8H12O3.C8H18O2.7C3H8O.CH2O/c1-18(2)25-15-16-26-23-13-11-22(12-14-23)24(5,6)21-9-7-20(8-10-21)17-27-19(3)4;1-11(2)15-9-7-13-5-6-14-8-10-16-12(3)4;1-4-14-11-6-10(9-13-3)7-12(8-11)15-5-2;1-9(2)13-11-5-7-12(8-6-11)14-10(3)4;1-3-12-10-6-4-5-9(7-10)8-11-2;1-9(2)11-7-5-6-8-12-10(3)4;1-3-11-8-6-10-5-7(8)4-9-2;1-7(2)9-5-6-10-8(3)4;7*1-3(2)4;1-2/h7-14,18-19H,15-17H2,1-6H3;11-12H,5-10H2,1-4H3;6-8H,4-5,9H2,1-3H3;9-12H,5-8H2,1-4H3;4-7H,3,8H2,1-2H3;9-10H,5-8H2,1-4H3;5-6H,3-4H2,1-2H3;7-8H,5-6H2,1-4H3;7*3-4H,1-2H3;1H2. The molecule has 29 nitrogen and oxygen atoms in total. The van der Waals surface area contributed by atoms with E-state index in [0.29, 0.717) is 168 Å². The van der Waals surface area contributed by atoms with Crippen molar-refractivity contribution in [3.8, 4) is 28.7 Å². The summed E-state index contributed by atoms with van der Waals surface area (Å²) in [6.45, 7) is 92.6. The molecule has 0 aliphatic heterocycles. The summed E-state index contributed by atoms with van der Waals surface area (Å²) in [5.74, 6) is 4.22. The van der Waals surface area contributed by atoms with E-state index in [2.05, 4.69) is 119 Å². The minimum Gasteiger partial charge on any atom is -0.494 e. The molecule has 29 heteroatoms. The number of ether oxygens (including phenoxy) is 20. The van der Waals surface area contributed by atoms with Crippen molar-refractivity contribution in [2.75, 3.05) is 127 Å². The molecule has 1 heterocycles. The molecule has 1 saturated carbocycles. The van der Waals surface area contributed by atoms with Crippen LogP contribution in [0, 0.1) is 0 Å². The summed E-state index contributed by atoms with van der Waals surface area (Å²) < 4.78 is 113. The first-order valence-corrected chi connectivity index (χ1v) is 53.4. The zero-order valence-electron chi connectivity index (χ0n) is 101. The Bertz CT molecular complexity index is 3120. The summed E-state index contributed by atoms with van der Waals surface area (Å²) in [6, 6.07) is 30.9. The van der Waals surface area contributed by atoms with Crippen molar-refractivity contribution >= 4 is 6.79 Å². The second kappa shape index (κ2) is 114. The van der Waals surface area contributed by atoms with Crippen molar-refractivity contribution in [1.29, 1.82) is 0 Å². The maximum Gasteiger partial charge on any atom is 0.162 e. The van der Waals surface area contributed by atoms with Crippen LogP contribution in [0.15, 0.2) is 108 Å². The zero-order valence-corrected chi connectivity index (χ0v) is 101. The lowest BCUT2D eigenvalue weighted by Crippen LogP contribution is -2.29. The monoisotopic (exact) mass is 2110 g/mol. The first-order chi connectivity index (χ1) is 68.9. The summed E-state index contributed by atoms with van der Waals surface area (Å²) in [6.07, 6.45) is 12.9. The molecule has 0 atom stereocenters.